The Morgan fingerprint density at radius 3 is 2.55 bits per heavy atom. The van der Waals surface area contributed by atoms with Crippen LogP contribution >= 0.6 is 0 Å². The summed E-state index contributed by atoms with van der Waals surface area (Å²) in [6, 6.07) is 12.4. The highest BCUT2D eigenvalue weighted by molar-refractivity contribution is 7.89. The molecule has 3 rings (SSSR count). The van der Waals surface area contributed by atoms with Gasteiger partial charge in [0.25, 0.3) is 0 Å². The number of imidazole rings is 1. The molecule has 0 unspecified atom stereocenters. The number of para-hydroxylation sites is 2. The lowest BCUT2D eigenvalue weighted by Crippen LogP contribution is -2.30. The smallest absolute Gasteiger partial charge is 0.242 e. The van der Waals surface area contributed by atoms with Crippen LogP contribution in [0.1, 0.15) is 18.7 Å². The molecule has 0 fully saturated rings. The van der Waals surface area contributed by atoms with Gasteiger partial charge < -0.3 is 9.88 Å². The SMILES string of the molecule is CN(CCCC(=O)NCc1nc2ccccc2n1C)S(=O)(=O)c1ccc(F)cc1. The molecular weight excluding hydrogens is 395 g/mol. The molecule has 1 amide bonds. The lowest BCUT2D eigenvalue weighted by atomic mass is 10.3. The molecule has 154 valence electrons. The van der Waals surface area contributed by atoms with Gasteiger partial charge in [0.2, 0.25) is 15.9 Å². The normalized spacial score (nSPS) is 11.9. The summed E-state index contributed by atoms with van der Waals surface area (Å²) in [4.78, 5) is 16.6. The fraction of sp³-hybridized carbons (Fsp3) is 0.300. The molecule has 9 heteroatoms. The van der Waals surface area contributed by atoms with Gasteiger partial charge in [-0.15, -0.1) is 0 Å². The van der Waals surface area contributed by atoms with E-state index in [1.54, 1.807) is 0 Å². The molecule has 2 aromatic carbocycles. The highest BCUT2D eigenvalue weighted by Gasteiger charge is 2.20. The first kappa shape index (κ1) is 20.9. The van der Waals surface area contributed by atoms with E-state index in [1.807, 2.05) is 35.9 Å². The summed E-state index contributed by atoms with van der Waals surface area (Å²) in [6.45, 7) is 0.479. The van der Waals surface area contributed by atoms with Crippen molar-refractivity contribution >= 4 is 27.0 Å². The van der Waals surface area contributed by atoms with E-state index in [9.17, 15) is 17.6 Å². The van der Waals surface area contributed by atoms with Crippen molar-refractivity contribution in [1.82, 2.24) is 19.2 Å². The Morgan fingerprint density at radius 1 is 1.17 bits per heavy atom. The Labute approximate surface area is 169 Å². The first-order valence-corrected chi connectivity index (χ1v) is 10.6. The molecule has 0 bridgehead atoms. The van der Waals surface area contributed by atoms with Crippen molar-refractivity contribution in [3.8, 4) is 0 Å². The minimum atomic E-state index is -3.71. The molecular formula is C20H23FN4O3S. The average molecular weight is 418 g/mol. The van der Waals surface area contributed by atoms with E-state index >= 15 is 0 Å². The third-order valence-corrected chi connectivity index (χ3v) is 6.59. The van der Waals surface area contributed by atoms with Gasteiger partial charge in [0.1, 0.15) is 11.6 Å². The number of fused-ring (bicyclic) bond motifs is 1. The maximum atomic E-state index is 13.0. The van der Waals surface area contributed by atoms with E-state index in [4.69, 9.17) is 0 Å². The summed E-state index contributed by atoms with van der Waals surface area (Å²) in [5, 5.41) is 2.82. The zero-order valence-electron chi connectivity index (χ0n) is 16.3. The summed E-state index contributed by atoms with van der Waals surface area (Å²) >= 11 is 0. The summed E-state index contributed by atoms with van der Waals surface area (Å²) in [5.74, 6) is 0.0732. The predicted molar refractivity (Wildman–Crippen MR) is 108 cm³/mol. The second-order valence-electron chi connectivity index (χ2n) is 6.74. The van der Waals surface area contributed by atoms with Crippen molar-refractivity contribution < 1.29 is 17.6 Å². The van der Waals surface area contributed by atoms with Crippen molar-refractivity contribution in [1.29, 1.82) is 0 Å². The van der Waals surface area contributed by atoms with Gasteiger partial charge in [0.05, 0.1) is 22.5 Å². The third kappa shape index (κ3) is 4.80. The van der Waals surface area contributed by atoms with Gasteiger partial charge in [-0.2, -0.15) is 0 Å². The minimum absolute atomic E-state index is 0.0210. The molecule has 1 heterocycles. The topological polar surface area (TPSA) is 84.3 Å². The van der Waals surface area contributed by atoms with Gasteiger partial charge in [-0.25, -0.2) is 22.1 Å². The van der Waals surface area contributed by atoms with E-state index in [0.717, 1.165) is 29.0 Å². The number of halogens is 1. The number of carbonyl (C=O) groups is 1. The largest absolute Gasteiger partial charge is 0.349 e. The molecule has 0 aliphatic heterocycles. The quantitative estimate of drug-likeness (QED) is 0.609. The van der Waals surface area contributed by atoms with Gasteiger partial charge in [-0.3, -0.25) is 4.79 Å². The van der Waals surface area contributed by atoms with Crippen LogP contribution in [0, 0.1) is 5.82 Å². The van der Waals surface area contributed by atoms with Crippen LogP contribution in [-0.2, 0) is 28.4 Å². The molecule has 0 saturated carbocycles. The summed E-state index contributed by atoms with van der Waals surface area (Å²) in [7, 11) is -0.372. The fourth-order valence-corrected chi connectivity index (χ4v) is 4.20. The van der Waals surface area contributed by atoms with E-state index < -0.39 is 15.8 Å². The number of nitrogens with one attached hydrogen (secondary N) is 1. The van der Waals surface area contributed by atoms with Crippen LogP contribution in [0.4, 0.5) is 4.39 Å². The molecule has 7 nitrogen and oxygen atoms in total. The number of hydrogen-bond acceptors (Lipinski definition) is 4. The van der Waals surface area contributed by atoms with Crippen LogP contribution in [0.15, 0.2) is 53.4 Å². The van der Waals surface area contributed by atoms with Crippen LogP contribution < -0.4 is 5.32 Å². The Bertz CT molecular complexity index is 1110. The second kappa shape index (κ2) is 8.71. The van der Waals surface area contributed by atoms with Crippen molar-refractivity contribution in [3.63, 3.8) is 0 Å². The van der Waals surface area contributed by atoms with Crippen molar-refractivity contribution in [2.75, 3.05) is 13.6 Å². The van der Waals surface area contributed by atoms with E-state index in [-0.39, 0.29) is 23.8 Å². The molecule has 0 radical (unpaired) electrons. The number of rotatable bonds is 8. The number of carbonyl (C=O) groups excluding carboxylic acids is 1. The molecule has 3 aromatic rings. The lowest BCUT2D eigenvalue weighted by molar-refractivity contribution is -0.121. The molecule has 29 heavy (non-hydrogen) atoms. The number of nitrogens with zero attached hydrogens (tertiary/aromatic N) is 3. The second-order valence-corrected chi connectivity index (χ2v) is 8.78. The van der Waals surface area contributed by atoms with Crippen LogP contribution in [-0.4, -0.2) is 41.8 Å². The Kier molecular flexibility index (Phi) is 6.29. The number of sulfonamides is 1. The number of amides is 1. The zero-order chi connectivity index (χ0) is 21.0. The molecule has 0 spiro atoms. The molecule has 1 N–H and O–H groups in total. The molecule has 1 aromatic heterocycles. The van der Waals surface area contributed by atoms with Crippen LogP contribution in [0.3, 0.4) is 0 Å². The van der Waals surface area contributed by atoms with Crippen LogP contribution in [0.2, 0.25) is 0 Å². The first-order chi connectivity index (χ1) is 13.8. The highest BCUT2D eigenvalue weighted by Crippen LogP contribution is 2.16. The maximum absolute atomic E-state index is 13.0. The van der Waals surface area contributed by atoms with E-state index in [0.29, 0.717) is 13.0 Å². The van der Waals surface area contributed by atoms with Gasteiger partial charge in [0, 0.05) is 27.1 Å². The Morgan fingerprint density at radius 2 is 1.86 bits per heavy atom. The first-order valence-electron chi connectivity index (χ1n) is 9.18. The van der Waals surface area contributed by atoms with E-state index in [2.05, 4.69) is 10.3 Å². The maximum Gasteiger partial charge on any atom is 0.242 e. The minimum Gasteiger partial charge on any atom is -0.349 e. The van der Waals surface area contributed by atoms with Gasteiger partial charge in [-0.1, -0.05) is 12.1 Å². The summed E-state index contributed by atoms with van der Waals surface area (Å²) in [6.07, 6.45) is 0.554. The number of aromatic nitrogens is 2. The van der Waals surface area contributed by atoms with Gasteiger partial charge >= 0.3 is 0 Å². The summed E-state index contributed by atoms with van der Waals surface area (Å²) < 4.78 is 41.0. The molecule has 0 saturated heterocycles. The Balaban J connectivity index is 1.49. The van der Waals surface area contributed by atoms with Crippen molar-refractivity contribution in [2.24, 2.45) is 7.05 Å². The fourth-order valence-electron chi connectivity index (χ4n) is 2.99. The molecule has 0 atom stereocenters. The monoisotopic (exact) mass is 418 g/mol. The Hall–Kier alpha value is -2.78. The van der Waals surface area contributed by atoms with Crippen molar-refractivity contribution in [2.45, 2.75) is 24.3 Å². The van der Waals surface area contributed by atoms with Crippen molar-refractivity contribution in [3.05, 3.63) is 60.2 Å². The van der Waals surface area contributed by atoms with E-state index in [1.165, 1.54) is 23.5 Å². The highest BCUT2D eigenvalue weighted by atomic mass is 32.2. The lowest BCUT2D eigenvalue weighted by Gasteiger charge is -2.17. The van der Waals surface area contributed by atoms with Crippen LogP contribution in [0.25, 0.3) is 11.0 Å². The average Bonchev–Trinajstić information content (AvgIpc) is 3.02. The number of aryl methyl sites for hydroxylation is 1. The third-order valence-electron chi connectivity index (χ3n) is 4.72. The van der Waals surface area contributed by atoms with Crippen LogP contribution in [0.5, 0.6) is 0 Å². The number of benzene rings is 2. The number of hydrogen-bond donors (Lipinski definition) is 1. The van der Waals surface area contributed by atoms with Gasteiger partial charge in [-0.05, 0) is 42.8 Å². The predicted octanol–water partition coefficient (Wildman–Crippen LogP) is 2.43. The molecule has 0 aliphatic carbocycles. The molecule has 0 aliphatic rings. The summed E-state index contributed by atoms with van der Waals surface area (Å²) in [5.41, 5.74) is 1.86. The standard InChI is InChI=1S/C20H23FN4O3S/c1-24(29(27,28)16-11-9-15(21)10-12-16)13-5-8-20(26)22-14-19-23-17-6-3-4-7-18(17)25(19)2/h3-4,6-7,9-12H,5,8,13-14H2,1-2H3,(H,22,26). The zero-order valence-corrected chi connectivity index (χ0v) is 17.1. The van der Waals surface area contributed by atoms with Gasteiger partial charge in [0.15, 0.2) is 0 Å².